The van der Waals surface area contributed by atoms with Crippen LogP contribution in [0.25, 0.3) is 0 Å². The van der Waals surface area contributed by atoms with Crippen LogP contribution in [0.5, 0.6) is 0 Å². The van der Waals surface area contributed by atoms with Crippen LogP contribution in [0.3, 0.4) is 0 Å². The molecule has 3 heteroatoms. The summed E-state index contributed by atoms with van der Waals surface area (Å²) in [5.41, 5.74) is 1.44. The second-order valence-corrected chi connectivity index (χ2v) is 6.43. The van der Waals surface area contributed by atoms with Gasteiger partial charge in [-0.25, -0.2) is 0 Å². The van der Waals surface area contributed by atoms with Gasteiger partial charge in [-0.3, -0.25) is 9.80 Å². The second-order valence-electron chi connectivity index (χ2n) is 6.43. The third-order valence-corrected chi connectivity index (χ3v) is 4.83. The van der Waals surface area contributed by atoms with Crippen molar-refractivity contribution in [3.05, 3.63) is 35.9 Å². The van der Waals surface area contributed by atoms with Crippen LogP contribution < -0.4 is 0 Å². The topological polar surface area (TPSA) is 26.7 Å². The zero-order chi connectivity index (χ0) is 13.9. The lowest BCUT2D eigenvalue weighted by atomic mass is 10.1. The lowest BCUT2D eigenvalue weighted by molar-refractivity contribution is 0.0576. The van der Waals surface area contributed by atoms with Crippen LogP contribution in [0.4, 0.5) is 0 Å². The molecule has 110 valence electrons. The van der Waals surface area contributed by atoms with Crippen molar-refractivity contribution >= 4 is 0 Å². The maximum atomic E-state index is 9.80. The highest BCUT2D eigenvalue weighted by Gasteiger charge is 2.37. The SMILES string of the molecule is C[C@H]1CN2C[C@H](O)CC2CN1CCCc1ccccc1. The van der Waals surface area contributed by atoms with Gasteiger partial charge in [0.2, 0.25) is 0 Å². The predicted octanol–water partition coefficient (Wildman–Crippen LogP) is 1.76. The fourth-order valence-electron chi connectivity index (χ4n) is 3.72. The number of aliphatic hydroxyl groups is 1. The highest BCUT2D eigenvalue weighted by Crippen LogP contribution is 2.25. The van der Waals surface area contributed by atoms with E-state index in [9.17, 15) is 5.11 Å². The normalized spacial score (nSPS) is 31.4. The number of rotatable bonds is 4. The van der Waals surface area contributed by atoms with E-state index in [0.717, 1.165) is 26.1 Å². The molecule has 2 aliphatic heterocycles. The number of piperazine rings is 1. The Kier molecular flexibility index (Phi) is 4.39. The zero-order valence-corrected chi connectivity index (χ0v) is 12.4. The highest BCUT2D eigenvalue weighted by atomic mass is 16.3. The van der Waals surface area contributed by atoms with Gasteiger partial charge in [0.05, 0.1) is 6.10 Å². The number of benzene rings is 1. The maximum Gasteiger partial charge on any atom is 0.0682 e. The Balaban J connectivity index is 1.48. The predicted molar refractivity (Wildman–Crippen MR) is 81.8 cm³/mol. The van der Waals surface area contributed by atoms with E-state index in [1.807, 2.05) is 0 Å². The van der Waals surface area contributed by atoms with Crippen molar-refractivity contribution in [3.63, 3.8) is 0 Å². The highest BCUT2D eigenvalue weighted by molar-refractivity contribution is 5.14. The fraction of sp³-hybridized carbons (Fsp3) is 0.647. The summed E-state index contributed by atoms with van der Waals surface area (Å²) in [5, 5.41) is 9.80. The van der Waals surface area contributed by atoms with E-state index in [1.165, 1.54) is 24.9 Å². The van der Waals surface area contributed by atoms with Gasteiger partial charge >= 0.3 is 0 Å². The Morgan fingerprint density at radius 2 is 1.95 bits per heavy atom. The fourth-order valence-corrected chi connectivity index (χ4v) is 3.72. The number of aryl methyl sites for hydroxylation is 1. The summed E-state index contributed by atoms with van der Waals surface area (Å²) in [4.78, 5) is 5.09. The number of hydrogen-bond acceptors (Lipinski definition) is 3. The molecule has 0 radical (unpaired) electrons. The van der Waals surface area contributed by atoms with Crippen molar-refractivity contribution in [2.75, 3.05) is 26.2 Å². The molecule has 2 aliphatic rings. The summed E-state index contributed by atoms with van der Waals surface area (Å²) in [6.45, 7) is 6.63. The van der Waals surface area contributed by atoms with Crippen LogP contribution in [0.1, 0.15) is 25.3 Å². The molecule has 2 saturated heterocycles. The molecule has 2 fully saturated rings. The molecule has 1 N–H and O–H groups in total. The molecule has 0 bridgehead atoms. The van der Waals surface area contributed by atoms with Gasteiger partial charge in [-0.2, -0.15) is 0 Å². The molecule has 1 aromatic carbocycles. The van der Waals surface area contributed by atoms with E-state index in [-0.39, 0.29) is 6.10 Å². The van der Waals surface area contributed by atoms with Crippen LogP contribution in [-0.4, -0.2) is 59.3 Å². The molecule has 0 spiro atoms. The van der Waals surface area contributed by atoms with Crippen molar-refractivity contribution in [2.45, 2.75) is 44.4 Å². The van der Waals surface area contributed by atoms with E-state index in [4.69, 9.17) is 0 Å². The number of fused-ring (bicyclic) bond motifs is 1. The number of aliphatic hydroxyl groups excluding tert-OH is 1. The summed E-state index contributed by atoms with van der Waals surface area (Å²) in [6.07, 6.45) is 3.25. The lowest BCUT2D eigenvalue weighted by Gasteiger charge is -2.42. The molecule has 20 heavy (non-hydrogen) atoms. The molecule has 3 atom stereocenters. The zero-order valence-electron chi connectivity index (χ0n) is 12.4. The Morgan fingerprint density at radius 3 is 2.75 bits per heavy atom. The minimum absolute atomic E-state index is 0.100. The van der Waals surface area contributed by atoms with Crippen molar-refractivity contribution in [1.29, 1.82) is 0 Å². The molecule has 0 aromatic heterocycles. The summed E-state index contributed by atoms with van der Waals surface area (Å²) < 4.78 is 0. The van der Waals surface area contributed by atoms with Gasteiger partial charge in [-0.15, -0.1) is 0 Å². The van der Waals surface area contributed by atoms with Crippen molar-refractivity contribution < 1.29 is 5.11 Å². The minimum atomic E-state index is -0.100. The summed E-state index contributed by atoms with van der Waals surface area (Å²) in [5.74, 6) is 0. The average molecular weight is 274 g/mol. The van der Waals surface area contributed by atoms with Gasteiger partial charge in [0.25, 0.3) is 0 Å². The Morgan fingerprint density at radius 1 is 1.15 bits per heavy atom. The summed E-state index contributed by atoms with van der Waals surface area (Å²) in [7, 11) is 0. The smallest absolute Gasteiger partial charge is 0.0682 e. The van der Waals surface area contributed by atoms with E-state index in [2.05, 4.69) is 47.1 Å². The van der Waals surface area contributed by atoms with Crippen LogP contribution in [0, 0.1) is 0 Å². The van der Waals surface area contributed by atoms with Crippen LogP contribution in [0.15, 0.2) is 30.3 Å². The first kappa shape index (κ1) is 14.1. The van der Waals surface area contributed by atoms with Gasteiger partial charge < -0.3 is 5.11 Å². The van der Waals surface area contributed by atoms with Gasteiger partial charge in [-0.1, -0.05) is 30.3 Å². The van der Waals surface area contributed by atoms with E-state index < -0.39 is 0 Å². The largest absolute Gasteiger partial charge is 0.392 e. The lowest BCUT2D eigenvalue weighted by Crippen LogP contribution is -2.55. The van der Waals surface area contributed by atoms with Crippen molar-refractivity contribution in [2.24, 2.45) is 0 Å². The minimum Gasteiger partial charge on any atom is -0.392 e. The Hall–Kier alpha value is -0.900. The average Bonchev–Trinajstić information content (AvgIpc) is 2.79. The third-order valence-electron chi connectivity index (χ3n) is 4.83. The molecule has 0 aliphatic carbocycles. The van der Waals surface area contributed by atoms with Gasteiger partial charge in [0.1, 0.15) is 0 Å². The molecular formula is C17H26N2O. The van der Waals surface area contributed by atoms with Crippen molar-refractivity contribution in [3.8, 4) is 0 Å². The molecule has 3 rings (SSSR count). The Labute approximate surface area is 122 Å². The molecule has 0 saturated carbocycles. The first-order valence-corrected chi connectivity index (χ1v) is 7.92. The molecule has 1 unspecified atom stereocenters. The number of hydrogen-bond donors (Lipinski definition) is 1. The van der Waals surface area contributed by atoms with Gasteiger partial charge in [0, 0.05) is 31.7 Å². The summed E-state index contributed by atoms with van der Waals surface area (Å²) in [6, 6.07) is 12.0. The third kappa shape index (κ3) is 3.22. The quantitative estimate of drug-likeness (QED) is 0.906. The first-order chi connectivity index (χ1) is 9.72. The van der Waals surface area contributed by atoms with E-state index in [1.54, 1.807) is 0 Å². The van der Waals surface area contributed by atoms with Crippen LogP contribution in [0.2, 0.25) is 0 Å². The van der Waals surface area contributed by atoms with Crippen LogP contribution >= 0.6 is 0 Å². The van der Waals surface area contributed by atoms with E-state index >= 15 is 0 Å². The second kappa shape index (κ2) is 6.25. The molecule has 1 aromatic rings. The standard InChI is InChI=1S/C17H26N2O/c1-14-11-19-13-17(20)10-16(19)12-18(14)9-5-8-15-6-3-2-4-7-15/h2-4,6-7,14,16-17,20H,5,8-13H2,1H3/t14-,16?,17+/m0/s1. The monoisotopic (exact) mass is 274 g/mol. The van der Waals surface area contributed by atoms with Crippen molar-refractivity contribution in [1.82, 2.24) is 9.80 Å². The number of nitrogens with zero attached hydrogens (tertiary/aromatic N) is 2. The summed E-state index contributed by atoms with van der Waals surface area (Å²) >= 11 is 0. The van der Waals surface area contributed by atoms with E-state index in [0.29, 0.717) is 12.1 Å². The molecular weight excluding hydrogens is 248 g/mol. The molecule has 2 heterocycles. The maximum absolute atomic E-state index is 9.80. The van der Waals surface area contributed by atoms with Gasteiger partial charge in [-0.05, 0) is 38.3 Å². The van der Waals surface area contributed by atoms with Crippen LogP contribution in [-0.2, 0) is 6.42 Å². The molecule has 3 nitrogen and oxygen atoms in total. The Bertz CT molecular complexity index is 422. The first-order valence-electron chi connectivity index (χ1n) is 7.92. The molecule has 0 amide bonds. The van der Waals surface area contributed by atoms with Gasteiger partial charge in [0.15, 0.2) is 0 Å².